The van der Waals surface area contributed by atoms with E-state index in [2.05, 4.69) is 25.1 Å². The number of benzene rings is 1. The summed E-state index contributed by atoms with van der Waals surface area (Å²) in [7, 11) is 0. The average Bonchev–Trinajstić information content (AvgIpc) is 2.04. The first-order valence-corrected chi connectivity index (χ1v) is 5.55. The molecule has 1 aliphatic rings. The van der Waals surface area contributed by atoms with E-state index in [1.54, 1.807) is 0 Å². The summed E-state index contributed by atoms with van der Waals surface area (Å²) >= 11 is 3.89. The van der Waals surface area contributed by atoms with Crippen molar-refractivity contribution in [1.29, 1.82) is 0 Å². The summed E-state index contributed by atoms with van der Waals surface area (Å²) in [6.45, 7) is 3.91. The predicted octanol–water partition coefficient (Wildman–Crippen LogP) is 3.07. The second kappa shape index (κ2) is 3.11. The number of hydrogen-bond acceptors (Lipinski definition) is 2. The summed E-state index contributed by atoms with van der Waals surface area (Å²) in [4.78, 5) is 2.84. The van der Waals surface area contributed by atoms with Crippen molar-refractivity contribution < 1.29 is 0 Å². The molecule has 0 nitrogen and oxygen atoms in total. The summed E-state index contributed by atoms with van der Waals surface area (Å²) in [5.41, 5.74) is 1.12. The maximum absolute atomic E-state index is 3.91. The van der Waals surface area contributed by atoms with Crippen LogP contribution in [-0.4, -0.2) is 11.5 Å². The summed E-state index contributed by atoms with van der Waals surface area (Å²) in [5, 5.41) is 0. The molecule has 0 bridgehead atoms. The fraction of sp³-hybridized carbons (Fsp3) is 0.222. The van der Waals surface area contributed by atoms with Gasteiger partial charge in [-0.3, -0.25) is 0 Å². The zero-order chi connectivity index (χ0) is 7.68. The van der Waals surface area contributed by atoms with E-state index in [0.717, 1.165) is 5.56 Å². The molecule has 1 heterocycles. The lowest BCUT2D eigenvalue weighted by molar-refractivity contribution is 1.21. The van der Waals surface area contributed by atoms with Crippen molar-refractivity contribution in [3.63, 3.8) is 0 Å². The van der Waals surface area contributed by atoms with E-state index < -0.39 is 0 Å². The third-order valence-corrected chi connectivity index (χ3v) is 4.13. The van der Waals surface area contributed by atoms with Crippen LogP contribution < -0.4 is 0 Å². The van der Waals surface area contributed by atoms with E-state index in [4.69, 9.17) is 0 Å². The number of fused-ring (bicyclic) bond motifs is 1. The summed E-state index contributed by atoms with van der Waals surface area (Å²) in [6, 6.07) is 6.43. The topological polar surface area (TPSA) is 0 Å². The molecule has 0 fully saturated rings. The van der Waals surface area contributed by atoms with Crippen molar-refractivity contribution in [1.82, 2.24) is 0 Å². The quantitative estimate of drug-likeness (QED) is 0.603. The van der Waals surface area contributed by atoms with E-state index in [0.29, 0.717) is 0 Å². The van der Waals surface area contributed by atoms with Gasteiger partial charge in [0, 0.05) is 21.3 Å². The minimum Gasteiger partial charge on any atom is -0.124 e. The molecule has 57 valence electrons. The second-order valence-electron chi connectivity index (χ2n) is 2.48. The molecule has 2 heteroatoms. The molecule has 0 saturated heterocycles. The highest BCUT2D eigenvalue weighted by Gasteiger charge is 2.08. The third kappa shape index (κ3) is 1.57. The monoisotopic (exact) mass is 181 g/mol. The molecular weight excluding hydrogens is 172 g/mol. The van der Waals surface area contributed by atoms with Crippen LogP contribution in [0.4, 0.5) is 0 Å². The molecule has 0 N–H and O–H groups in total. The van der Waals surface area contributed by atoms with Crippen LogP contribution in [0.3, 0.4) is 0 Å². The third-order valence-electron chi connectivity index (χ3n) is 1.61. The van der Waals surface area contributed by atoms with Crippen LogP contribution in [0.25, 0.3) is 0 Å². The lowest BCUT2D eigenvalue weighted by atomic mass is 10.2. The van der Waals surface area contributed by atoms with Crippen LogP contribution in [0.2, 0.25) is 0 Å². The van der Waals surface area contributed by atoms with Gasteiger partial charge in [-0.1, -0.05) is 6.07 Å². The predicted molar refractivity (Wildman–Crippen MR) is 52.3 cm³/mol. The molecule has 0 spiro atoms. The van der Waals surface area contributed by atoms with Gasteiger partial charge in [-0.25, -0.2) is 0 Å². The van der Waals surface area contributed by atoms with E-state index in [-0.39, 0.29) is 0 Å². The molecule has 0 amide bonds. The minimum absolute atomic E-state index is 1.12. The molecule has 1 aliphatic heterocycles. The summed E-state index contributed by atoms with van der Waals surface area (Å²) < 4.78 is 0. The first kappa shape index (κ1) is 7.56. The fourth-order valence-electron chi connectivity index (χ4n) is 1.09. The Morgan fingerprint density at radius 1 is 1.09 bits per heavy atom. The van der Waals surface area contributed by atoms with Crippen molar-refractivity contribution >= 4 is 23.5 Å². The fourth-order valence-corrected chi connectivity index (χ4v) is 3.36. The van der Waals surface area contributed by atoms with Gasteiger partial charge < -0.3 is 0 Å². The first-order valence-electron chi connectivity index (χ1n) is 3.58. The molecule has 11 heavy (non-hydrogen) atoms. The first-order chi connectivity index (χ1) is 5.36. The van der Waals surface area contributed by atoms with Gasteiger partial charge in [0.15, 0.2) is 0 Å². The van der Waals surface area contributed by atoms with Crippen molar-refractivity contribution in [3.8, 4) is 0 Å². The number of rotatable bonds is 0. The van der Waals surface area contributed by atoms with Gasteiger partial charge in [0.2, 0.25) is 0 Å². The number of hydrogen-bond donors (Lipinski definition) is 0. The van der Waals surface area contributed by atoms with Gasteiger partial charge in [0.1, 0.15) is 0 Å². The van der Waals surface area contributed by atoms with Gasteiger partial charge in [0.05, 0.1) is 0 Å². The molecule has 0 saturated carbocycles. The summed E-state index contributed by atoms with van der Waals surface area (Å²) in [6.07, 6.45) is 0. The molecule has 0 unspecified atom stereocenters. The van der Waals surface area contributed by atoms with E-state index in [1.165, 1.54) is 21.3 Å². The molecule has 1 aromatic carbocycles. The van der Waals surface area contributed by atoms with Crippen LogP contribution in [0.15, 0.2) is 28.0 Å². The standard InChI is InChI=1S/C9H9S2/c1-7-2-3-8-9(6-7)11-5-4-10-8/h2-3,6H,1,4-5H2. The molecule has 1 radical (unpaired) electrons. The Labute approximate surface area is 75.8 Å². The Morgan fingerprint density at radius 2 is 1.82 bits per heavy atom. The smallest absolute Gasteiger partial charge is 0.0211 e. The molecule has 0 atom stereocenters. The van der Waals surface area contributed by atoms with Gasteiger partial charge in [-0.05, 0) is 24.6 Å². The second-order valence-corrected chi connectivity index (χ2v) is 4.75. The van der Waals surface area contributed by atoms with E-state index in [1.807, 2.05) is 23.5 Å². The van der Waals surface area contributed by atoms with Crippen LogP contribution in [0, 0.1) is 6.92 Å². The molecule has 0 aliphatic carbocycles. The molecule has 1 aromatic rings. The lowest BCUT2D eigenvalue weighted by Crippen LogP contribution is -1.93. The zero-order valence-corrected chi connectivity index (χ0v) is 7.80. The van der Waals surface area contributed by atoms with Gasteiger partial charge >= 0.3 is 0 Å². The Balaban J connectivity index is 2.43. The van der Waals surface area contributed by atoms with Crippen molar-refractivity contribution in [2.75, 3.05) is 11.5 Å². The highest BCUT2D eigenvalue weighted by molar-refractivity contribution is 8.05. The lowest BCUT2D eigenvalue weighted by Gasteiger charge is -2.14. The van der Waals surface area contributed by atoms with Crippen LogP contribution in [-0.2, 0) is 0 Å². The number of thioether (sulfide) groups is 2. The highest BCUT2D eigenvalue weighted by Crippen LogP contribution is 2.36. The Kier molecular flexibility index (Phi) is 2.14. The Hall–Kier alpha value is -0.0800. The highest BCUT2D eigenvalue weighted by atomic mass is 32.2. The zero-order valence-electron chi connectivity index (χ0n) is 6.17. The average molecular weight is 181 g/mol. The summed E-state index contributed by atoms with van der Waals surface area (Å²) in [5.74, 6) is 2.48. The molecule has 2 rings (SSSR count). The van der Waals surface area contributed by atoms with Gasteiger partial charge in [-0.15, -0.1) is 23.5 Å². The van der Waals surface area contributed by atoms with Crippen molar-refractivity contribution in [2.24, 2.45) is 0 Å². The Bertz CT molecular complexity index is 268. The SMILES string of the molecule is [CH2]c1ccc2c(c1)SCCS2. The maximum Gasteiger partial charge on any atom is 0.0211 e. The van der Waals surface area contributed by atoms with Crippen LogP contribution >= 0.6 is 23.5 Å². The molecule has 0 aromatic heterocycles. The van der Waals surface area contributed by atoms with Crippen LogP contribution in [0.5, 0.6) is 0 Å². The van der Waals surface area contributed by atoms with E-state index in [9.17, 15) is 0 Å². The molecular formula is C9H9S2. The maximum atomic E-state index is 3.91. The minimum atomic E-state index is 1.12. The normalized spacial score (nSPS) is 16.1. The van der Waals surface area contributed by atoms with Gasteiger partial charge in [-0.2, -0.15) is 0 Å². The van der Waals surface area contributed by atoms with Crippen molar-refractivity contribution in [3.05, 3.63) is 30.7 Å². The van der Waals surface area contributed by atoms with Crippen molar-refractivity contribution in [2.45, 2.75) is 9.79 Å². The van der Waals surface area contributed by atoms with Gasteiger partial charge in [0.25, 0.3) is 0 Å². The Morgan fingerprint density at radius 3 is 2.64 bits per heavy atom. The van der Waals surface area contributed by atoms with E-state index >= 15 is 0 Å². The van der Waals surface area contributed by atoms with Crippen LogP contribution in [0.1, 0.15) is 5.56 Å². The largest absolute Gasteiger partial charge is 0.124 e.